The van der Waals surface area contributed by atoms with Gasteiger partial charge in [0.2, 0.25) is 15.9 Å². The summed E-state index contributed by atoms with van der Waals surface area (Å²) in [6.07, 6.45) is 0. The number of benzene rings is 1. The third-order valence-corrected chi connectivity index (χ3v) is 4.47. The van der Waals surface area contributed by atoms with Crippen LogP contribution in [0.25, 0.3) is 0 Å². The van der Waals surface area contributed by atoms with Crippen LogP contribution in [-0.4, -0.2) is 39.3 Å². The first-order valence-electron chi connectivity index (χ1n) is 5.50. The number of rotatable bonds is 4. The van der Waals surface area contributed by atoms with Crippen molar-refractivity contribution in [1.82, 2.24) is 9.62 Å². The van der Waals surface area contributed by atoms with Crippen molar-refractivity contribution in [2.45, 2.75) is 11.8 Å². The maximum Gasteiger partial charge on any atom is 0.243 e. The van der Waals surface area contributed by atoms with Gasteiger partial charge in [0.25, 0.3) is 0 Å². The molecular weight excluding hydrogens is 266 g/mol. The van der Waals surface area contributed by atoms with Crippen LogP contribution in [-0.2, 0) is 14.8 Å². The van der Waals surface area contributed by atoms with Crippen molar-refractivity contribution in [3.05, 3.63) is 29.3 Å². The average Bonchev–Trinajstić information content (AvgIpc) is 2.38. The number of sulfonamides is 1. The molecule has 1 aromatic carbocycles. The summed E-state index contributed by atoms with van der Waals surface area (Å²) in [7, 11) is -0.958. The number of aryl methyl sites for hydroxylation is 1. The third-order valence-electron chi connectivity index (χ3n) is 2.67. The van der Waals surface area contributed by atoms with Crippen LogP contribution >= 0.6 is 0 Å². The van der Waals surface area contributed by atoms with Crippen molar-refractivity contribution < 1.29 is 13.2 Å². The van der Waals surface area contributed by atoms with Gasteiger partial charge < -0.3 is 5.32 Å². The van der Waals surface area contributed by atoms with E-state index in [1.54, 1.807) is 6.92 Å². The lowest BCUT2D eigenvalue weighted by atomic mass is 10.1. The van der Waals surface area contributed by atoms with E-state index in [2.05, 4.69) is 5.32 Å². The van der Waals surface area contributed by atoms with Gasteiger partial charge in [0.15, 0.2) is 0 Å². The molecular formula is C12H15N3O3S. The minimum atomic E-state index is -3.73. The van der Waals surface area contributed by atoms with Crippen LogP contribution in [0.2, 0.25) is 0 Å². The second-order valence-electron chi connectivity index (χ2n) is 4.02. The molecule has 102 valence electrons. The highest BCUT2D eigenvalue weighted by Gasteiger charge is 2.23. The molecule has 0 aliphatic rings. The number of likely N-dealkylation sites (N-methyl/N-ethyl adjacent to an activating group) is 2. The van der Waals surface area contributed by atoms with Crippen LogP contribution in [0.3, 0.4) is 0 Å². The largest absolute Gasteiger partial charge is 0.358 e. The molecule has 0 aliphatic carbocycles. The standard InChI is InChI=1S/C12H15N3O3S/c1-9-6-11(5-4-10(9)7-13)19(17,18)15(3)8-12(16)14-2/h4-6H,8H2,1-3H3,(H,14,16). The number of nitriles is 1. The van der Waals surface area contributed by atoms with Crippen LogP contribution in [0.5, 0.6) is 0 Å². The molecule has 1 rings (SSSR count). The Labute approximate surface area is 112 Å². The first kappa shape index (κ1) is 15.1. The first-order chi connectivity index (χ1) is 8.82. The number of hydrogen-bond donors (Lipinski definition) is 1. The van der Waals surface area contributed by atoms with Gasteiger partial charge in [-0.3, -0.25) is 4.79 Å². The van der Waals surface area contributed by atoms with Gasteiger partial charge in [0.1, 0.15) is 0 Å². The monoisotopic (exact) mass is 281 g/mol. The molecule has 6 nitrogen and oxygen atoms in total. The molecule has 19 heavy (non-hydrogen) atoms. The van der Waals surface area contributed by atoms with Gasteiger partial charge in [-0.2, -0.15) is 9.57 Å². The zero-order chi connectivity index (χ0) is 14.6. The lowest BCUT2D eigenvalue weighted by molar-refractivity contribution is -0.120. The number of carbonyl (C=O) groups is 1. The number of hydrogen-bond acceptors (Lipinski definition) is 4. The minimum Gasteiger partial charge on any atom is -0.358 e. The number of nitrogens with zero attached hydrogens (tertiary/aromatic N) is 2. The van der Waals surface area contributed by atoms with E-state index in [0.717, 1.165) is 4.31 Å². The van der Waals surface area contributed by atoms with Crippen molar-refractivity contribution in [1.29, 1.82) is 5.26 Å². The first-order valence-corrected chi connectivity index (χ1v) is 6.94. The summed E-state index contributed by atoms with van der Waals surface area (Å²) in [5, 5.41) is 11.2. The van der Waals surface area contributed by atoms with E-state index in [4.69, 9.17) is 5.26 Å². The predicted molar refractivity (Wildman–Crippen MR) is 69.8 cm³/mol. The zero-order valence-corrected chi connectivity index (χ0v) is 11.8. The van der Waals surface area contributed by atoms with E-state index in [1.165, 1.54) is 32.3 Å². The van der Waals surface area contributed by atoms with Crippen LogP contribution in [0.15, 0.2) is 23.1 Å². The summed E-state index contributed by atoms with van der Waals surface area (Å²) >= 11 is 0. The van der Waals surface area contributed by atoms with Gasteiger partial charge >= 0.3 is 0 Å². The lowest BCUT2D eigenvalue weighted by Gasteiger charge is -2.16. The summed E-state index contributed by atoms with van der Waals surface area (Å²) < 4.78 is 25.4. The maximum absolute atomic E-state index is 12.2. The Hall–Kier alpha value is -1.91. The second-order valence-corrected chi connectivity index (χ2v) is 6.07. The Bertz CT molecular complexity index is 632. The summed E-state index contributed by atoms with van der Waals surface area (Å²) in [5.41, 5.74) is 1.00. The summed E-state index contributed by atoms with van der Waals surface area (Å²) in [5.74, 6) is -0.392. The molecule has 0 saturated heterocycles. The smallest absolute Gasteiger partial charge is 0.243 e. The molecule has 0 spiro atoms. The summed E-state index contributed by atoms with van der Waals surface area (Å²) in [6, 6.07) is 6.21. The van der Waals surface area contributed by atoms with E-state index in [9.17, 15) is 13.2 Å². The molecule has 0 radical (unpaired) electrons. The fourth-order valence-electron chi connectivity index (χ4n) is 1.47. The normalized spacial score (nSPS) is 11.1. The molecule has 0 atom stereocenters. The molecule has 1 aromatic rings. The molecule has 0 saturated carbocycles. The van der Waals surface area contributed by atoms with Gasteiger partial charge in [0.05, 0.1) is 23.1 Å². The molecule has 1 N–H and O–H groups in total. The Morgan fingerprint density at radius 3 is 2.58 bits per heavy atom. The maximum atomic E-state index is 12.2. The van der Waals surface area contributed by atoms with Crippen LogP contribution in [0.4, 0.5) is 0 Å². The third kappa shape index (κ3) is 3.30. The van der Waals surface area contributed by atoms with Gasteiger partial charge in [-0.1, -0.05) is 0 Å². The van der Waals surface area contributed by atoms with Crippen molar-refractivity contribution >= 4 is 15.9 Å². The Morgan fingerprint density at radius 2 is 2.11 bits per heavy atom. The fraction of sp³-hybridized carbons (Fsp3) is 0.333. The SMILES string of the molecule is CNC(=O)CN(C)S(=O)(=O)c1ccc(C#N)c(C)c1. The topological polar surface area (TPSA) is 90.3 Å². The fourth-order valence-corrected chi connectivity index (χ4v) is 2.68. The molecule has 0 aromatic heterocycles. The Morgan fingerprint density at radius 1 is 1.47 bits per heavy atom. The van der Waals surface area contributed by atoms with Crippen molar-refractivity contribution in [2.75, 3.05) is 20.6 Å². The van der Waals surface area contributed by atoms with E-state index in [-0.39, 0.29) is 11.4 Å². The predicted octanol–water partition coefficient (Wildman–Crippen LogP) is 0.233. The lowest BCUT2D eigenvalue weighted by Crippen LogP contribution is -2.36. The van der Waals surface area contributed by atoms with Gasteiger partial charge in [-0.25, -0.2) is 8.42 Å². The summed E-state index contributed by atoms with van der Waals surface area (Å²) in [6.45, 7) is 1.41. The zero-order valence-electron chi connectivity index (χ0n) is 11.0. The molecule has 7 heteroatoms. The van der Waals surface area contributed by atoms with E-state index < -0.39 is 15.9 Å². The highest BCUT2D eigenvalue weighted by molar-refractivity contribution is 7.89. The molecule has 1 amide bonds. The van der Waals surface area contributed by atoms with Crippen molar-refractivity contribution in [3.63, 3.8) is 0 Å². The second kappa shape index (κ2) is 5.82. The van der Waals surface area contributed by atoms with Crippen LogP contribution in [0.1, 0.15) is 11.1 Å². The molecule has 0 heterocycles. The van der Waals surface area contributed by atoms with E-state index in [0.29, 0.717) is 11.1 Å². The molecule has 0 fully saturated rings. The quantitative estimate of drug-likeness (QED) is 0.855. The number of nitrogens with one attached hydrogen (secondary N) is 1. The van der Waals surface area contributed by atoms with Crippen LogP contribution < -0.4 is 5.32 Å². The van der Waals surface area contributed by atoms with Crippen molar-refractivity contribution in [2.24, 2.45) is 0 Å². The highest BCUT2D eigenvalue weighted by Crippen LogP contribution is 2.18. The molecule has 0 aliphatic heterocycles. The van der Waals surface area contributed by atoms with E-state index >= 15 is 0 Å². The Kier molecular flexibility index (Phi) is 4.64. The molecule has 0 bridgehead atoms. The van der Waals surface area contributed by atoms with Crippen molar-refractivity contribution in [3.8, 4) is 6.07 Å². The average molecular weight is 281 g/mol. The summed E-state index contributed by atoms with van der Waals surface area (Å²) in [4.78, 5) is 11.3. The number of amides is 1. The minimum absolute atomic E-state index is 0.0652. The van der Waals surface area contributed by atoms with E-state index in [1.807, 2.05) is 6.07 Å². The van der Waals surface area contributed by atoms with Gasteiger partial charge in [-0.15, -0.1) is 0 Å². The van der Waals surface area contributed by atoms with Gasteiger partial charge in [0, 0.05) is 14.1 Å². The highest BCUT2D eigenvalue weighted by atomic mass is 32.2. The molecule has 0 unspecified atom stereocenters. The van der Waals surface area contributed by atoms with Gasteiger partial charge in [-0.05, 0) is 30.7 Å². The number of carbonyl (C=O) groups excluding carboxylic acids is 1. The Balaban J connectivity index is 3.11. The van der Waals surface area contributed by atoms with Crippen LogP contribution in [0, 0.1) is 18.3 Å².